The predicted octanol–water partition coefficient (Wildman–Crippen LogP) is 5.35. The van der Waals surface area contributed by atoms with Crippen LogP contribution in [0, 0.1) is 5.92 Å². The molecule has 5 heteroatoms. The van der Waals surface area contributed by atoms with E-state index >= 15 is 0 Å². The standard InChI is InChI=1S/C23H25N3OS/c1-14(2)28-22-16(4)15(3)5-8-19-20(22)12-25-26(23(19)27)13-17-6-7-18-9-10-24-21(18)11-17/h6-7,9-12,15,24H,1,5,8,13H2,2-4H3. The summed E-state index contributed by atoms with van der Waals surface area (Å²) in [6, 6.07) is 8.27. The Balaban J connectivity index is 1.75. The molecule has 0 saturated carbocycles. The molecule has 2 aromatic heterocycles. The number of nitrogens with one attached hydrogen (secondary N) is 1. The van der Waals surface area contributed by atoms with Crippen molar-refractivity contribution >= 4 is 27.6 Å². The maximum atomic E-state index is 13.3. The molecule has 0 aliphatic heterocycles. The number of fused-ring (bicyclic) bond motifs is 2. The highest BCUT2D eigenvalue weighted by Crippen LogP contribution is 2.41. The molecule has 0 bridgehead atoms. The number of hydrogen-bond donors (Lipinski definition) is 1. The van der Waals surface area contributed by atoms with E-state index in [0.29, 0.717) is 12.5 Å². The van der Waals surface area contributed by atoms with Gasteiger partial charge in [-0.25, -0.2) is 4.68 Å². The summed E-state index contributed by atoms with van der Waals surface area (Å²) in [5.74, 6) is 0.442. The summed E-state index contributed by atoms with van der Waals surface area (Å²) in [4.78, 5) is 18.7. The largest absolute Gasteiger partial charge is 0.361 e. The van der Waals surface area contributed by atoms with E-state index in [1.54, 1.807) is 16.4 Å². The number of thioether (sulfide) groups is 1. The Kier molecular flexibility index (Phi) is 5.02. The number of allylic oxidation sites excluding steroid dienone is 2. The normalized spacial score (nSPS) is 16.9. The molecule has 0 fully saturated rings. The van der Waals surface area contributed by atoms with E-state index < -0.39 is 0 Å². The Morgan fingerprint density at radius 1 is 1.39 bits per heavy atom. The van der Waals surface area contributed by atoms with Gasteiger partial charge in [-0.2, -0.15) is 5.10 Å². The van der Waals surface area contributed by atoms with Crippen molar-refractivity contribution in [3.63, 3.8) is 0 Å². The number of H-pyrrole nitrogens is 1. The number of aromatic amines is 1. The van der Waals surface area contributed by atoms with Crippen LogP contribution >= 0.6 is 11.8 Å². The molecule has 2 heterocycles. The van der Waals surface area contributed by atoms with Crippen LogP contribution in [0.2, 0.25) is 0 Å². The summed E-state index contributed by atoms with van der Waals surface area (Å²) < 4.78 is 1.59. The molecule has 1 atom stereocenters. The van der Waals surface area contributed by atoms with E-state index in [1.807, 2.05) is 25.4 Å². The molecule has 1 aliphatic rings. The maximum Gasteiger partial charge on any atom is 0.270 e. The highest BCUT2D eigenvalue weighted by Gasteiger charge is 2.23. The minimum Gasteiger partial charge on any atom is -0.361 e. The van der Waals surface area contributed by atoms with Crippen molar-refractivity contribution in [2.24, 2.45) is 5.92 Å². The van der Waals surface area contributed by atoms with Gasteiger partial charge in [0, 0.05) is 27.7 Å². The second-order valence-electron chi connectivity index (χ2n) is 7.65. The molecule has 1 unspecified atom stereocenters. The van der Waals surface area contributed by atoms with Crippen LogP contribution in [0.15, 0.2) is 58.5 Å². The molecule has 0 amide bonds. The van der Waals surface area contributed by atoms with Crippen LogP contribution < -0.4 is 5.56 Å². The quantitative estimate of drug-likeness (QED) is 0.652. The first kappa shape index (κ1) is 18.8. The number of benzene rings is 1. The van der Waals surface area contributed by atoms with Crippen LogP contribution in [0.1, 0.15) is 43.9 Å². The second-order valence-corrected chi connectivity index (χ2v) is 8.96. The molecule has 0 spiro atoms. The maximum absolute atomic E-state index is 13.3. The van der Waals surface area contributed by atoms with Crippen LogP contribution in [0.4, 0.5) is 0 Å². The molecule has 4 nitrogen and oxygen atoms in total. The highest BCUT2D eigenvalue weighted by atomic mass is 32.2. The van der Waals surface area contributed by atoms with Gasteiger partial charge in [0.25, 0.3) is 5.56 Å². The van der Waals surface area contributed by atoms with Gasteiger partial charge in [0.05, 0.1) is 12.7 Å². The summed E-state index contributed by atoms with van der Waals surface area (Å²) in [5, 5.41) is 5.70. The molecule has 144 valence electrons. The third kappa shape index (κ3) is 3.47. The van der Waals surface area contributed by atoms with Crippen molar-refractivity contribution in [3.8, 4) is 0 Å². The number of rotatable bonds is 4. The smallest absolute Gasteiger partial charge is 0.270 e. The Bertz CT molecular complexity index is 1150. The highest BCUT2D eigenvalue weighted by molar-refractivity contribution is 8.11. The lowest BCUT2D eigenvalue weighted by Crippen LogP contribution is -2.27. The van der Waals surface area contributed by atoms with Crippen LogP contribution in [-0.2, 0) is 13.0 Å². The van der Waals surface area contributed by atoms with Gasteiger partial charge in [-0.3, -0.25) is 4.79 Å². The monoisotopic (exact) mass is 391 g/mol. The molecule has 1 N–H and O–H groups in total. The van der Waals surface area contributed by atoms with Crippen molar-refractivity contribution in [2.75, 3.05) is 0 Å². The second kappa shape index (κ2) is 7.47. The summed E-state index contributed by atoms with van der Waals surface area (Å²) in [6.45, 7) is 10.9. The van der Waals surface area contributed by atoms with Crippen molar-refractivity contribution in [3.05, 3.63) is 80.8 Å². The average molecular weight is 392 g/mol. The lowest BCUT2D eigenvalue weighted by Gasteiger charge is -2.15. The van der Waals surface area contributed by atoms with Gasteiger partial charge in [0.1, 0.15) is 0 Å². The molecule has 1 aliphatic carbocycles. The van der Waals surface area contributed by atoms with Crippen LogP contribution in [0.3, 0.4) is 0 Å². The SMILES string of the molecule is C=C(C)SC1=C(C)C(C)CCc2c1cnn(Cc1ccc3cc[nH]c3c1)c2=O. The Morgan fingerprint density at radius 3 is 3.00 bits per heavy atom. The zero-order chi connectivity index (χ0) is 19.8. The first-order valence-corrected chi connectivity index (χ1v) is 10.4. The van der Waals surface area contributed by atoms with E-state index in [1.165, 1.54) is 11.0 Å². The fourth-order valence-corrected chi connectivity index (χ4v) is 4.76. The first-order chi connectivity index (χ1) is 13.4. The van der Waals surface area contributed by atoms with Crippen molar-refractivity contribution in [2.45, 2.75) is 40.2 Å². The van der Waals surface area contributed by atoms with E-state index in [2.05, 4.69) is 48.7 Å². The zero-order valence-electron chi connectivity index (χ0n) is 16.6. The van der Waals surface area contributed by atoms with Crippen molar-refractivity contribution in [1.82, 2.24) is 14.8 Å². The minimum atomic E-state index is 0.0193. The Hall–Kier alpha value is -2.53. The lowest BCUT2D eigenvalue weighted by atomic mass is 9.98. The molecule has 3 aromatic rings. The Labute approximate surface area is 169 Å². The molecular weight excluding hydrogens is 366 g/mol. The van der Waals surface area contributed by atoms with E-state index in [0.717, 1.165) is 44.9 Å². The van der Waals surface area contributed by atoms with Gasteiger partial charge in [-0.15, -0.1) is 0 Å². The first-order valence-electron chi connectivity index (χ1n) is 9.63. The van der Waals surface area contributed by atoms with E-state index in [4.69, 9.17) is 0 Å². The topological polar surface area (TPSA) is 50.7 Å². The number of nitrogens with zero attached hydrogens (tertiary/aromatic N) is 2. The summed E-state index contributed by atoms with van der Waals surface area (Å²) >= 11 is 1.66. The van der Waals surface area contributed by atoms with Crippen LogP contribution in [0.5, 0.6) is 0 Å². The summed E-state index contributed by atoms with van der Waals surface area (Å²) in [5.41, 5.74) is 5.34. The van der Waals surface area contributed by atoms with Crippen LogP contribution in [0.25, 0.3) is 15.8 Å². The molecule has 4 rings (SSSR count). The molecule has 0 saturated heterocycles. The molecule has 28 heavy (non-hydrogen) atoms. The number of aromatic nitrogens is 3. The van der Waals surface area contributed by atoms with Gasteiger partial charge in [-0.05, 0) is 60.6 Å². The van der Waals surface area contributed by atoms with Gasteiger partial charge in [-0.1, -0.05) is 43.0 Å². The molecule has 0 radical (unpaired) electrons. The minimum absolute atomic E-state index is 0.0193. The third-order valence-corrected chi connectivity index (χ3v) is 6.64. The molecule has 1 aromatic carbocycles. The fraction of sp³-hybridized carbons (Fsp3) is 0.304. The fourth-order valence-electron chi connectivity index (χ4n) is 3.77. The zero-order valence-corrected chi connectivity index (χ0v) is 17.4. The van der Waals surface area contributed by atoms with Crippen LogP contribution in [-0.4, -0.2) is 14.8 Å². The average Bonchev–Trinajstić information content (AvgIpc) is 3.09. The summed E-state index contributed by atoms with van der Waals surface area (Å²) in [7, 11) is 0. The molecular formula is C23H25N3OS. The predicted molar refractivity (Wildman–Crippen MR) is 118 cm³/mol. The van der Waals surface area contributed by atoms with Gasteiger partial charge < -0.3 is 4.98 Å². The van der Waals surface area contributed by atoms with Gasteiger partial charge >= 0.3 is 0 Å². The number of hydrogen-bond acceptors (Lipinski definition) is 3. The van der Waals surface area contributed by atoms with Gasteiger partial charge in [0.15, 0.2) is 0 Å². The third-order valence-electron chi connectivity index (χ3n) is 5.54. The van der Waals surface area contributed by atoms with E-state index in [9.17, 15) is 4.79 Å². The van der Waals surface area contributed by atoms with E-state index in [-0.39, 0.29) is 5.56 Å². The Morgan fingerprint density at radius 2 is 2.21 bits per heavy atom. The lowest BCUT2D eigenvalue weighted by molar-refractivity contribution is 0.597. The van der Waals surface area contributed by atoms with Gasteiger partial charge in [0.2, 0.25) is 0 Å². The van der Waals surface area contributed by atoms with Crippen molar-refractivity contribution in [1.29, 1.82) is 0 Å². The van der Waals surface area contributed by atoms with Crippen molar-refractivity contribution < 1.29 is 0 Å². The summed E-state index contributed by atoms with van der Waals surface area (Å²) in [6.07, 6.45) is 5.56.